The lowest BCUT2D eigenvalue weighted by atomic mass is 9.91. The van der Waals surface area contributed by atoms with Gasteiger partial charge in [0, 0.05) is 42.3 Å². The number of imidazole rings is 1. The molecule has 1 atom stereocenters. The molecule has 1 aliphatic heterocycles. The molecule has 1 saturated heterocycles. The summed E-state index contributed by atoms with van der Waals surface area (Å²) >= 11 is 0. The van der Waals surface area contributed by atoms with E-state index in [1.54, 1.807) is 18.6 Å². The second-order valence-corrected chi connectivity index (χ2v) is 9.84. The third-order valence-corrected chi connectivity index (χ3v) is 6.21. The molecule has 11 nitrogen and oxygen atoms in total. The predicted octanol–water partition coefficient (Wildman–Crippen LogP) is 4.23. The van der Waals surface area contributed by atoms with Gasteiger partial charge in [-0.3, -0.25) is 9.78 Å². The van der Waals surface area contributed by atoms with Gasteiger partial charge in [-0.1, -0.05) is 20.8 Å². The summed E-state index contributed by atoms with van der Waals surface area (Å²) < 4.78 is 15.7. The number of nitrogens with zero attached hydrogens (tertiary/aromatic N) is 7. The normalized spacial score (nSPS) is 16.4. The summed E-state index contributed by atoms with van der Waals surface area (Å²) in [5.41, 5.74) is 3.27. The lowest BCUT2D eigenvalue weighted by Crippen LogP contribution is -2.22. The quantitative estimate of drug-likeness (QED) is 0.389. The Balaban J connectivity index is 1.29. The number of anilines is 2. The van der Waals surface area contributed by atoms with Crippen molar-refractivity contribution in [1.29, 1.82) is 0 Å². The average molecular weight is 474 g/mol. The minimum atomic E-state index is -0.0516. The van der Waals surface area contributed by atoms with Crippen molar-refractivity contribution in [1.82, 2.24) is 39.5 Å². The van der Waals surface area contributed by atoms with Crippen molar-refractivity contribution in [2.24, 2.45) is 7.05 Å². The zero-order valence-corrected chi connectivity index (χ0v) is 20.1. The van der Waals surface area contributed by atoms with Gasteiger partial charge in [0.25, 0.3) is 0 Å². The van der Waals surface area contributed by atoms with Crippen LogP contribution < -0.4 is 10.1 Å². The molecule has 1 fully saturated rings. The smallest absolute Gasteiger partial charge is 0.210 e. The zero-order valence-electron chi connectivity index (χ0n) is 20.1. The van der Waals surface area contributed by atoms with Gasteiger partial charge in [-0.15, -0.1) is 0 Å². The first-order valence-corrected chi connectivity index (χ1v) is 11.6. The van der Waals surface area contributed by atoms with Crippen LogP contribution in [0.1, 0.15) is 38.9 Å². The van der Waals surface area contributed by atoms with Gasteiger partial charge in [0.1, 0.15) is 11.5 Å². The molecule has 0 saturated carbocycles. The number of hydrogen-bond donors (Lipinski definition) is 2. The molecule has 0 aromatic carbocycles. The van der Waals surface area contributed by atoms with Gasteiger partial charge < -0.3 is 19.4 Å². The van der Waals surface area contributed by atoms with Crippen LogP contribution in [-0.2, 0) is 17.2 Å². The number of ether oxygens (including phenoxy) is 2. The minimum absolute atomic E-state index is 0.0516. The van der Waals surface area contributed by atoms with Crippen molar-refractivity contribution in [3.8, 4) is 11.5 Å². The van der Waals surface area contributed by atoms with Crippen molar-refractivity contribution in [2.45, 2.75) is 38.6 Å². The second-order valence-electron chi connectivity index (χ2n) is 9.84. The lowest BCUT2D eigenvalue weighted by Gasteiger charge is -2.22. The fraction of sp³-hybridized carbons (Fsp3) is 0.375. The summed E-state index contributed by atoms with van der Waals surface area (Å²) in [6, 6.07) is 6.14. The average Bonchev–Trinajstić information content (AvgIpc) is 3.61. The molecule has 0 aliphatic carbocycles. The predicted molar refractivity (Wildman–Crippen MR) is 131 cm³/mol. The molecule has 0 bridgehead atoms. The van der Waals surface area contributed by atoms with E-state index in [0.717, 1.165) is 35.4 Å². The first-order chi connectivity index (χ1) is 16.8. The van der Waals surface area contributed by atoms with Gasteiger partial charge in [0.2, 0.25) is 5.95 Å². The van der Waals surface area contributed by atoms with Crippen LogP contribution in [0, 0.1) is 0 Å². The number of aromatic nitrogens is 8. The Labute approximate surface area is 201 Å². The minimum Gasteiger partial charge on any atom is -0.454 e. The molecule has 0 spiro atoms. The van der Waals surface area contributed by atoms with Gasteiger partial charge in [-0.25, -0.2) is 9.97 Å². The molecular weight excluding hydrogens is 446 g/mol. The van der Waals surface area contributed by atoms with Crippen molar-refractivity contribution in [3.05, 3.63) is 42.5 Å². The number of H-pyrrole nitrogens is 1. The SMILES string of the molecule is Cn1c(Nc2cc(C(C)(C)C)n(C3CCOC3)n2)nc2ncc(Oc3cnc4[nH]ncc4c3)cc21. The number of hydrogen-bond acceptors (Lipinski definition) is 8. The molecule has 180 valence electrons. The standard InChI is InChI=1S/C24H27N9O2/c1-24(2,3)19-9-20(31-33(19)15-5-6-34-13-15)28-23-29-22-18(32(23)4)8-17(12-26-22)35-16-7-14-10-27-30-21(14)25-11-16/h7-12,15H,5-6,13H2,1-4H3,(H,25,27,30)(H,26,28,29,31). The Morgan fingerprint density at radius 1 is 1.11 bits per heavy atom. The number of aromatic amines is 1. The summed E-state index contributed by atoms with van der Waals surface area (Å²) in [6.45, 7) is 8.04. The number of rotatable bonds is 5. The van der Waals surface area contributed by atoms with Crippen molar-refractivity contribution in [3.63, 3.8) is 0 Å². The molecule has 0 amide bonds. The summed E-state index contributed by atoms with van der Waals surface area (Å²) in [5, 5.41) is 16.0. The Morgan fingerprint density at radius 3 is 2.74 bits per heavy atom. The molecule has 6 rings (SSSR count). The molecule has 2 N–H and O–H groups in total. The summed E-state index contributed by atoms with van der Waals surface area (Å²) in [7, 11) is 1.94. The van der Waals surface area contributed by atoms with Crippen molar-refractivity contribution < 1.29 is 9.47 Å². The molecule has 0 radical (unpaired) electrons. The summed E-state index contributed by atoms with van der Waals surface area (Å²) in [5.74, 6) is 2.60. The Kier molecular flexibility index (Phi) is 4.95. The topological polar surface area (TPSA) is 121 Å². The maximum absolute atomic E-state index is 6.00. The molecule has 1 unspecified atom stereocenters. The van der Waals surface area contributed by atoms with Crippen LogP contribution in [0.15, 0.2) is 36.8 Å². The van der Waals surface area contributed by atoms with E-state index in [1.165, 1.54) is 0 Å². The highest BCUT2D eigenvalue weighted by molar-refractivity contribution is 5.77. The fourth-order valence-electron chi connectivity index (χ4n) is 4.35. The molecule has 5 aromatic heterocycles. The first-order valence-electron chi connectivity index (χ1n) is 11.6. The van der Waals surface area contributed by atoms with Crippen LogP contribution in [0.5, 0.6) is 11.5 Å². The zero-order chi connectivity index (χ0) is 24.2. The molecule has 1 aliphatic rings. The van der Waals surface area contributed by atoms with E-state index < -0.39 is 0 Å². The van der Waals surface area contributed by atoms with Crippen molar-refractivity contribution >= 4 is 34.0 Å². The molecule has 5 aromatic rings. The maximum Gasteiger partial charge on any atom is 0.210 e. The fourth-order valence-corrected chi connectivity index (χ4v) is 4.35. The van der Waals surface area contributed by atoms with E-state index in [2.05, 4.69) is 62.0 Å². The number of fused-ring (bicyclic) bond motifs is 2. The van der Waals surface area contributed by atoms with Crippen LogP contribution in [0.2, 0.25) is 0 Å². The summed E-state index contributed by atoms with van der Waals surface area (Å²) in [6.07, 6.45) is 5.98. The van der Waals surface area contributed by atoms with E-state index in [9.17, 15) is 0 Å². The third kappa shape index (κ3) is 3.97. The van der Waals surface area contributed by atoms with Gasteiger partial charge in [-0.2, -0.15) is 15.2 Å². The van der Waals surface area contributed by atoms with Gasteiger partial charge in [-0.05, 0) is 12.5 Å². The Hall–Kier alpha value is -3.99. The van der Waals surface area contributed by atoms with Crippen LogP contribution in [0.4, 0.5) is 11.8 Å². The molecule has 35 heavy (non-hydrogen) atoms. The van der Waals surface area contributed by atoms with E-state index in [0.29, 0.717) is 35.3 Å². The first kappa shape index (κ1) is 21.5. The van der Waals surface area contributed by atoms with E-state index in [4.69, 9.17) is 14.6 Å². The van der Waals surface area contributed by atoms with Gasteiger partial charge >= 0.3 is 0 Å². The highest BCUT2D eigenvalue weighted by Gasteiger charge is 2.28. The van der Waals surface area contributed by atoms with Crippen LogP contribution in [0.25, 0.3) is 22.2 Å². The largest absolute Gasteiger partial charge is 0.454 e. The van der Waals surface area contributed by atoms with E-state index in [-0.39, 0.29) is 11.5 Å². The highest BCUT2D eigenvalue weighted by atomic mass is 16.5. The number of nitrogens with one attached hydrogen (secondary N) is 2. The second kappa shape index (κ2) is 8.05. The van der Waals surface area contributed by atoms with Gasteiger partial charge in [0.05, 0.1) is 36.8 Å². The third-order valence-electron chi connectivity index (χ3n) is 6.21. The van der Waals surface area contributed by atoms with E-state index >= 15 is 0 Å². The van der Waals surface area contributed by atoms with Crippen LogP contribution in [0.3, 0.4) is 0 Å². The lowest BCUT2D eigenvalue weighted by molar-refractivity contribution is 0.183. The van der Waals surface area contributed by atoms with Gasteiger partial charge in [0.15, 0.2) is 17.1 Å². The maximum atomic E-state index is 6.00. The molecular formula is C24H27N9O2. The Bertz CT molecular complexity index is 1520. The summed E-state index contributed by atoms with van der Waals surface area (Å²) in [4.78, 5) is 13.5. The molecule has 6 heterocycles. The molecule has 11 heteroatoms. The van der Waals surface area contributed by atoms with Crippen LogP contribution in [-0.4, -0.2) is 52.7 Å². The van der Waals surface area contributed by atoms with Crippen LogP contribution >= 0.6 is 0 Å². The van der Waals surface area contributed by atoms with E-state index in [1.807, 2.05) is 23.7 Å². The monoisotopic (exact) mass is 473 g/mol. The Morgan fingerprint density at radius 2 is 1.94 bits per heavy atom. The van der Waals surface area contributed by atoms with Crippen molar-refractivity contribution in [2.75, 3.05) is 18.5 Å². The number of pyridine rings is 2. The number of aryl methyl sites for hydroxylation is 1. The highest BCUT2D eigenvalue weighted by Crippen LogP contribution is 2.32.